The fourth-order valence-corrected chi connectivity index (χ4v) is 3.02. The molecule has 0 aliphatic carbocycles. The van der Waals surface area contributed by atoms with E-state index in [1.807, 2.05) is 13.1 Å². The molecule has 0 saturated carbocycles. The first-order chi connectivity index (χ1) is 9.70. The summed E-state index contributed by atoms with van der Waals surface area (Å²) in [6.07, 6.45) is 3.65. The number of hydrogen-bond acceptors (Lipinski definition) is 2. The smallest absolute Gasteiger partial charge is 0.237 e. The molecule has 5 heteroatoms. The van der Waals surface area contributed by atoms with E-state index in [9.17, 15) is 4.79 Å². The number of amides is 1. The van der Waals surface area contributed by atoms with E-state index in [1.54, 1.807) is 4.90 Å². The first kappa shape index (κ1) is 18.3. The molecule has 1 aromatic rings. The Morgan fingerprint density at radius 2 is 2.05 bits per heavy atom. The van der Waals surface area contributed by atoms with Crippen molar-refractivity contribution in [3.05, 3.63) is 35.9 Å². The Kier molecular flexibility index (Phi) is 8.09. The van der Waals surface area contributed by atoms with Gasteiger partial charge in [-0.25, -0.2) is 0 Å². The molecule has 118 valence electrons. The minimum Gasteiger partial charge on any atom is -0.343 e. The summed E-state index contributed by atoms with van der Waals surface area (Å²) in [5.41, 5.74) is 1.34. The van der Waals surface area contributed by atoms with Crippen LogP contribution in [0, 0.1) is 0 Å². The van der Waals surface area contributed by atoms with Crippen LogP contribution in [0.4, 0.5) is 0 Å². The van der Waals surface area contributed by atoms with Gasteiger partial charge in [0, 0.05) is 26.2 Å². The topological polar surface area (TPSA) is 23.6 Å². The number of benzene rings is 1. The average molecular weight is 331 g/mol. The number of alkyl halides is 1. The van der Waals surface area contributed by atoms with E-state index in [-0.39, 0.29) is 24.2 Å². The standard InChI is InChI=1S/C16H23ClN2O.ClH/c1-18(16(20)11-17)13-15-9-5-6-10-19(15)12-14-7-3-2-4-8-14;/h2-4,7-8,15H,5-6,9-13H2,1H3;1H/t15-;/m1./s1. The molecule has 1 fully saturated rings. The Morgan fingerprint density at radius 3 is 2.71 bits per heavy atom. The maximum Gasteiger partial charge on any atom is 0.237 e. The van der Waals surface area contributed by atoms with Gasteiger partial charge in [-0.1, -0.05) is 36.8 Å². The van der Waals surface area contributed by atoms with Crippen molar-refractivity contribution in [1.82, 2.24) is 9.80 Å². The molecular weight excluding hydrogens is 307 g/mol. The second-order valence-electron chi connectivity index (χ2n) is 5.51. The number of piperidine rings is 1. The second-order valence-corrected chi connectivity index (χ2v) is 5.78. The number of carbonyl (C=O) groups is 1. The lowest BCUT2D eigenvalue weighted by molar-refractivity contribution is -0.128. The van der Waals surface area contributed by atoms with Crippen molar-refractivity contribution in [3.8, 4) is 0 Å². The van der Waals surface area contributed by atoms with Gasteiger partial charge < -0.3 is 4.90 Å². The Bertz CT molecular complexity index is 428. The number of carbonyl (C=O) groups excluding carboxylic acids is 1. The van der Waals surface area contributed by atoms with Gasteiger partial charge in [-0.3, -0.25) is 9.69 Å². The fourth-order valence-electron chi connectivity index (χ4n) is 2.81. The lowest BCUT2D eigenvalue weighted by Gasteiger charge is -2.37. The predicted molar refractivity (Wildman–Crippen MR) is 90.1 cm³/mol. The molecule has 0 bridgehead atoms. The molecule has 1 heterocycles. The van der Waals surface area contributed by atoms with Crippen LogP contribution in [0.3, 0.4) is 0 Å². The molecule has 0 radical (unpaired) electrons. The van der Waals surface area contributed by atoms with Crippen molar-refractivity contribution in [2.45, 2.75) is 31.8 Å². The van der Waals surface area contributed by atoms with E-state index in [1.165, 1.54) is 18.4 Å². The van der Waals surface area contributed by atoms with Crippen molar-refractivity contribution >= 4 is 29.9 Å². The van der Waals surface area contributed by atoms with Crippen molar-refractivity contribution in [2.75, 3.05) is 26.0 Å². The van der Waals surface area contributed by atoms with Gasteiger partial charge >= 0.3 is 0 Å². The Morgan fingerprint density at radius 1 is 1.33 bits per heavy atom. The number of likely N-dealkylation sites (N-methyl/N-ethyl adjacent to an activating group) is 1. The average Bonchev–Trinajstić information content (AvgIpc) is 2.49. The summed E-state index contributed by atoms with van der Waals surface area (Å²) in [4.78, 5) is 15.9. The van der Waals surface area contributed by atoms with Gasteiger partial charge in [0.25, 0.3) is 0 Å². The zero-order valence-electron chi connectivity index (χ0n) is 12.5. The third-order valence-corrected chi connectivity index (χ3v) is 4.23. The summed E-state index contributed by atoms with van der Waals surface area (Å²) >= 11 is 5.63. The third kappa shape index (κ3) is 5.50. The molecule has 1 atom stereocenters. The first-order valence-electron chi connectivity index (χ1n) is 7.28. The van der Waals surface area contributed by atoms with E-state index in [0.717, 1.165) is 26.1 Å². The largest absolute Gasteiger partial charge is 0.343 e. The molecule has 0 aromatic heterocycles. The van der Waals surface area contributed by atoms with Crippen molar-refractivity contribution in [1.29, 1.82) is 0 Å². The summed E-state index contributed by atoms with van der Waals surface area (Å²) in [7, 11) is 1.85. The highest BCUT2D eigenvalue weighted by Gasteiger charge is 2.24. The lowest BCUT2D eigenvalue weighted by Crippen LogP contribution is -2.47. The number of likely N-dealkylation sites (tertiary alicyclic amines) is 1. The molecular formula is C16H24Cl2N2O. The fraction of sp³-hybridized carbons (Fsp3) is 0.562. The lowest BCUT2D eigenvalue weighted by atomic mass is 10.0. The van der Waals surface area contributed by atoms with Crippen molar-refractivity contribution < 1.29 is 4.79 Å². The van der Waals surface area contributed by atoms with Crippen LogP contribution in [0.15, 0.2) is 30.3 Å². The third-order valence-electron chi connectivity index (χ3n) is 4.00. The molecule has 0 N–H and O–H groups in total. The van der Waals surface area contributed by atoms with Gasteiger partial charge in [0.05, 0.1) is 0 Å². The maximum atomic E-state index is 11.6. The highest BCUT2D eigenvalue weighted by Crippen LogP contribution is 2.20. The number of rotatable bonds is 5. The second kappa shape index (κ2) is 9.29. The summed E-state index contributed by atoms with van der Waals surface area (Å²) in [6, 6.07) is 11.0. The molecule has 0 unspecified atom stereocenters. The van der Waals surface area contributed by atoms with Crippen LogP contribution in [0.1, 0.15) is 24.8 Å². The molecule has 1 saturated heterocycles. The van der Waals surface area contributed by atoms with Crippen LogP contribution >= 0.6 is 24.0 Å². The van der Waals surface area contributed by atoms with Crippen LogP contribution in [-0.4, -0.2) is 47.8 Å². The summed E-state index contributed by atoms with van der Waals surface area (Å²) in [5, 5.41) is 0. The SMILES string of the molecule is CN(C[C@H]1CCCCN1Cc1ccccc1)C(=O)CCl.Cl. The minimum atomic E-state index is 0. The van der Waals surface area contributed by atoms with Crippen LogP contribution in [0.2, 0.25) is 0 Å². The first-order valence-corrected chi connectivity index (χ1v) is 7.82. The van der Waals surface area contributed by atoms with E-state index >= 15 is 0 Å². The van der Waals surface area contributed by atoms with E-state index in [4.69, 9.17) is 11.6 Å². The van der Waals surface area contributed by atoms with Gasteiger partial charge in [0.2, 0.25) is 5.91 Å². The van der Waals surface area contributed by atoms with Crippen LogP contribution < -0.4 is 0 Å². The van der Waals surface area contributed by atoms with E-state index in [2.05, 4.69) is 29.2 Å². The Balaban J connectivity index is 0.00000220. The number of halogens is 2. The van der Waals surface area contributed by atoms with Crippen molar-refractivity contribution in [2.24, 2.45) is 0 Å². The number of hydrogen-bond donors (Lipinski definition) is 0. The van der Waals surface area contributed by atoms with Gasteiger partial charge in [-0.15, -0.1) is 24.0 Å². The zero-order valence-corrected chi connectivity index (χ0v) is 14.1. The highest BCUT2D eigenvalue weighted by atomic mass is 35.5. The maximum absolute atomic E-state index is 11.6. The van der Waals surface area contributed by atoms with Crippen LogP contribution in [-0.2, 0) is 11.3 Å². The molecule has 3 nitrogen and oxygen atoms in total. The molecule has 2 rings (SSSR count). The van der Waals surface area contributed by atoms with Crippen LogP contribution in [0.25, 0.3) is 0 Å². The monoisotopic (exact) mass is 330 g/mol. The van der Waals surface area contributed by atoms with Crippen molar-refractivity contribution in [3.63, 3.8) is 0 Å². The molecule has 1 aromatic carbocycles. The summed E-state index contributed by atoms with van der Waals surface area (Å²) in [6.45, 7) is 2.86. The summed E-state index contributed by atoms with van der Waals surface area (Å²) < 4.78 is 0. The molecule has 21 heavy (non-hydrogen) atoms. The molecule has 1 aliphatic rings. The Labute approximate surface area is 138 Å². The van der Waals surface area contributed by atoms with Gasteiger partial charge in [-0.2, -0.15) is 0 Å². The molecule has 1 amide bonds. The normalized spacial score (nSPS) is 18.9. The minimum absolute atomic E-state index is 0. The van der Waals surface area contributed by atoms with Crippen LogP contribution in [0.5, 0.6) is 0 Å². The number of nitrogens with zero attached hydrogens (tertiary/aromatic N) is 2. The van der Waals surface area contributed by atoms with Gasteiger partial charge in [0.1, 0.15) is 5.88 Å². The molecule has 1 aliphatic heterocycles. The van der Waals surface area contributed by atoms with E-state index < -0.39 is 0 Å². The quantitative estimate of drug-likeness (QED) is 0.774. The van der Waals surface area contributed by atoms with Gasteiger partial charge in [-0.05, 0) is 24.9 Å². The van der Waals surface area contributed by atoms with Gasteiger partial charge in [0.15, 0.2) is 0 Å². The predicted octanol–water partition coefficient (Wildman–Crippen LogP) is 3.16. The zero-order chi connectivity index (χ0) is 14.4. The summed E-state index contributed by atoms with van der Waals surface area (Å²) in [5.74, 6) is 0.0824. The van der Waals surface area contributed by atoms with E-state index in [0.29, 0.717) is 6.04 Å². The highest BCUT2D eigenvalue weighted by molar-refractivity contribution is 6.27. The molecule has 0 spiro atoms. The Hall–Kier alpha value is -0.770.